The van der Waals surface area contributed by atoms with Crippen LogP contribution in [0.15, 0.2) is 126 Å². The second-order valence-corrected chi connectivity index (χ2v) is 14.8. The van der Waals surface area contributed by atoms with E-state index >= 15 is 0 Å². The summed E-state index contributed by atoms with van der Waals surface area (Å²) in [4.78, 5) is 12.5. The van der Waals surface area contributed by atoms with Crippen molar-refractivity contribution in [3.8, 4) is 0 Å². The largest absolute Gasteiger partial charge is 0.369 e. The third-order valence-corrected chi connectivity index (χ3v) is 14.5. The van der Waals surface area contributed by atoms with Crippen LogP contribution in [0.3, 0.4) is 0 Å². The van der Waals surface area contributed by atoms with Crippen molar-refractivity contribution in [2.45, 2.75) is 0 Å². The first-order chi connectivity index (χ1) is 15.5. The summed E-state index contributed by atoms with van der Waals surface area (Å²) in [5.74, 6) is -0.377. The topological polar surface area (TPSA) is 55.5 Å². The fraction of sp³-hybridized carbons (Fsp3) is 0.0385. The summed E-state index contributed by atoms with van der Waals surface area (Å²) in [6.45, 7) is 0. The summed E-state index contributed by atoms with van der Waals surface area (Å²) in [5.41, 5.74) is 5.86. The summed E-state index contributed by atoms with van der Waals surface area (Å²) < 4.78 is 5.60. The van der Waals surface area contributed by atoms with E-state index in [1.165, 1.54) is 0 Å². The van der Waals surface area contributed by atoms with Crippen molar-refractivity contribution < 1.29 is 4.79 Å². The van der Waals surface area contributed by atoms with Gasteiger partial charge in [-0.15, -0.1) is 0 Å². The first-order valence-corrected chi connectivity index (χ1v) is 15.0. The van der Waals surface area contributed by atoms with Gasteiger partial charge in [-0.3, -0.25) is 9.31 Å². The summed E-state index contributed by atoms with van der Waals surface area (Å²) >= 11 is 6.46. The Morgan fingerprint density at radius 3 is 1.25 bits per heavy atom. The first kappa shape index (κ1) is 22.4. The van der Waals surface area contributed by atoms with Gasteiger partial charge in [0.05, 0.1) is 6.16 Å². The van der Waals surface area contributed by atoms with Crippen LogP contribution in [0.4, 0.5) is 0 Å². The van der Waals surface area contributed by atoms with Crippen LogP contribution in [0.25, 0.3) is 0 Å². The van der Waals surface area contributed by atoms with Gasteiger partial charge < -0.3 is 5.73 Å². The van der Waals surface area contributed by atoms with Crippen LogP contribution in [0, 0.1) is 0 Å². The zero-order chi connectivity index (χ0) is 22.4. The standard InChI is InChI=1S/C26H24N2OP2S/c27-26(29)21-30(22-13-5-1-6-14-22,23-15-7-2-8-16-23)28-31(32,24-17-9-3-10-18-24)25-19-11-4-12-20-25/h1-20H,21H2,(H2,27,29). The molecule has 0 unspecified atom stereocenters. The first-order valence-electron chi connectivity index (χ1n) is 10.3. The Hall–Kier alpha value is -2.77. The molecule has 0 atom stereocenters. The third kappa shape index (κ3) is 4.54. The molecule has 0 heterocycles. The lowest BCUT2D eigenvalue weighted by atomic mass is 10.4. The van der Waals surface area contributed by atoms with Gasteiger partial charge in [-0.2, -0.15) is 0 Å². The lowest BCUT2D eigenvalue weighted by Crippen LogP contribution is -2.27. The van der Waals surface area contributed by atoms with E-state index in [0.717, 1.165) is 21.2 Å². The fourth-order valence-electron chi connectivity index (χ4n) is 3.77. The summed E-state index contributed by atoms with van der Waals surface area (Å²) in [7, 11) is -2.61. The van der Waals surface area contributed by atoms with Gasteiger partial charge in [-0.05, 0) is 10.6 Å². The van der Waals surface area contributed by atoms with Crippen molar-refractivity contribution >= 4 is 52.2 Å². The predicted octanol–water partition coefficient (Wildman–Crippen LogP) is 4.37. The molecule has 0 aliphatic heterocycles. The number of carbonyl (C=O) groups is 1. The molecule has 3 nitrogen and oxygen atoms in total. The highest BCUT2D eigenvalue weighted by atomic mass is 32.4. The Morgan fingerprint density at radius 2 is 0.938 bits per heavy atom. The van der Waals surface area contributed by atoms with E-state index in [-0.39, 0.29) is 12.1 Å². The highest BCUT2D eigenvalue weighted by Crippen LogP contribution is 2.59. The van der Waals surface area contributed by atoms with E-state index in [0.29, 0.717) is 0 Å². The Bertz CT molecular complexity index is 1210. The second kappa shape index (κ2) is 9.79. The van der Waals surface area contributed by atoms with Crippen molar-refractivity contribution in [2.75, 3.05) is 6.16 Å². The molecule has 1 amide bonds. The zero-order valence-electron chi connectivity index (χ0n) is 17.5. The molecular weight excluding hydrogens is 450 g/mol. The second-order valence-electron chi connectivity index (χ2n) is 7.40. The molecule has 160 valence electrons. The lowest BCUT2D eigenvalue weighted by molar-refractivity contribution is -0.115. The molecule has 32 heavy (non-hydrogen) atoms. The van der Waals surface area contributed by atoms with E-state index in [2.05, 4.69) is 0 Å². The van der Waals surface area contributed by atoms with Crippen LogP contribution < -0.4 is 27.0 Å². The minimum absolute atomic E-state index is 0.138. The monoisotopic (exact) mass is 474 g/mol. The Labute approximate surface area is 194 Å². The van der Waals surface area contributed by atoms with E-state index in [9.17, 15) is 4.79 Å². The van der Waals surface area contributed by atoms with Crippen LogP contribution in [0.1, 0.15) is 0 Å². The minimum Gasteiger partial charge on any atom is -0.369 e. The molecule has 4 aromatic carbocycles. The molecule has 0 fully saturated rings. The van der Waals surface area contributed by atoms with Gasteiger partial charge in [-0.25, -0.2) is 0 Å². The van der Waals surface area contributed by atoms with Crippen LogP contribution >= 0.6 is 13.2 Å². The number of amides is 1. The smallest absolute Gasteiger partial charge is 0.223 e. The van der Waals surface area contributed by atoms with Crippen LogP contribution in [0.2, 0.25) is 0 Å². The number of nitrogens with zero attached hydrogens (tertiary/aromatic N) is 1. The van der Waals surface area contributed by atoms with Gasteiger partial charge in [0.15, 0.2) is 0 Å². The van der Waals surface area contributed by atoms with Crippen molar-refractivity contribution in [2.24, 2.45) is 10.2 Å². The molecule has 0 radical (unpaired) electrons. The van der Waals surface area contributed by atoms with E-state index < -0.39 is 13.2 Å². The number of benzene rings is 4. The Balaban J connectivity index is 2.14. The minimum atomic E-state index is -2.63. The van der Waals surface area contributed by atoms with Crippen molar-refractivity contribution in [1.29, 1.82) is 0 Å². The molecule has 0 aliphatic rings. The fourth-order valence-corrected chi connectivity index (χ4v) is 13.1. The molecule has 0 bridgehead atoms. The summed E-state index contributed by atoms with van der Waals surface area (Å²) in [5, 5.41) is 4.01. The molecule has 0 aromatic heterocycles. The molecule has 4 rings (SSSR count). The third-order valence-electron chi connectivity index (χ3n) is 5.24. The predicted molar refractivity (Wildman–Crippen MR) is 142 cm³/mol. The van der Waals surface area contributed by atoms with E-state index in [1.54, 1.807) is 0 Å². The number of carbonyl (C=O) groups excluding carboxylic acids is 1. The quantitative estimate of drug-likeness (QED) is 0.405. The molecule has 0 saturated heterocycles. The summed E-state index contributed by atoms with van der Waals surface area (Å²) in [6.07, 6.45) is -2.49. The van der Waals surface area contributed by atoms with E-state index in [4.69, 9.17) is 22.1 Å². The summed E-state index contributed by atoms with van der Waals surface area (Å²) in [6, 6.07) is 40.2. The van der Waals surface area contributed by atoms with Crippen molar-refractivity contribution in [3.05, 3.63) is 121 Å². The van der Waals surface area contributed by atoms with Gasteiger partial charge in [-0.1, -0.05) is 133 Å². The van der Waals surface area contributed by atoms with Gasteiger partial charge in [0, 0.05) is 17.7 Å². The molecule has 2 N–H and O–H groups in total. The van der Waals surface area contributed by atoms with Crippen LogP contribution in [-0.2, 0) is 16.6 Å². The van der Waals surface area contributed by atoms with Crippen LogP contribution in [0.5, 0.6) is 0 Å². The average molecular weight is 475 g/mol. The SMILES string of the molecule is NC(=O)CP(=NP(=S)(c1ccccc1)c1ccccc1)(c1ccccc1)c1ccccc1. The van der Waals surface area contributed by atoms with Crippen LogP contribution in [-0.4, -0.2) is 12.1 Å². The number of hydrogen-bond acceptors (Lipinski definition) is 2. The molecule has 0 spiro atoms. The molecule has 4 aromatic rings. The zero-order valence-corrected chi connectivity index (χ0v) is 20.1. The van der Waals surface area contributed by atoms with E-state index in [1.807, 2.05) is 121 Å². The van der Waals surface area contributed by atoms with Gasteiger partial charge in [0.1, 0.15) is 6.19 Å². The molecular formula is C26H24N2OP2S. The maximum atomic E-state index is 12.5. The maximum Gasteiger partial charge on any atom is 0.223 e. The molecule has 6 heteroatoms. The van der Waals surface area contributed by atoms with Crippen molar-refractivity contribution in [1.82, 2.24) is 0 Å². The van der Waals surface area contributed by atoms with Gasteiger partial charge in [0.25, 0.3) is 0 Å². The maximum absolute atomic E-state index is 12.5. The number of rotatable bonds is 7. The normalized spacial score (nSPS) is 11.6. The number of primary amides is 1. The number of nitrogens with two attached hydrogens (primary N) is 1. The highest BCUT2D eigenvalue weighted by molar-refractivity contribution is 8.22. The molecule has 0 saturated carbocycles. The van der Waals surface area contributed by atoms with Gasteiger partial charge in [0.2, 0.25) is 5.91 Å². The Morgan fingerprint density at radius 1 is 0.625 bits per heavy atom. The highest BCUT2D eigenvalue weighted by Gasteiger charge is 2.32. The average Bonchev–Trinajstić information content (AvgIpc) is 2.85. The number of hydrogen-bond donors (Lipinski definition) is 1. The molecule has 0 aliphatic carbocycles. The van der Waals surface area contributed by atoms with Crippen molar-refractivity contribution in [3.63, 3.8) is 0 Å². The van der Waals surface area contributed by atoms with Gasteiger partial charge >= 0.3 is 0 Å². The Kier molecular flexibility index (Phi) is 6.86. The lowest BCUT2D eigenvalue weighted by Gasteiger charge is -2.30.